The van der Waals surface area contributed by atoms with Gasteiger partial charge in [-0.15, -0.1) is 0 Å². The summed E-state index contributed by atoms with van der Waals surface area (Å²) < 4.78 is 5.57. The molecule has 20 heavy (non-hydrogen) atoms. The molecule has 0 aromatic carbocycles. The Balaban J connectivity index is 2.11. The molecule has 1 aliphatic rings. The molecule has 1 fully saturated rings. The van der Waals surface area contributed by atoms with E-state index >= 15 is 0 Å². The molecule has 0 aliphatic carbocycles. The number of nitrogens with one attached hydrogen (secondary N) is 1. The van der Waals surface area contributed by atoms with Crippen molar-refractivity contribution in [1.29, 1.82) is 0 Å². The second-order valence-corrected chi connectivity index (χ2v) is 6.12. The Labute approximate surface area is 123 Å². The summed E-state index contributed by atoms with van der Waals surface area (Å²) in [6.45, 7) is 9.92. The summed E-state index contributed by atoms with van der Waals surface area (Å²) in [5.74, 6) is 0.142. The SMILES string of the molecule is CC(N)CCC(=O)NC1CCN(CCOC(C)C)CC1. The van der Waals surface area contributed by atoms with Crippen LogP contribution in [0.1, 0.15) is 46.5 Å². The van der Waals surface area contributed by atoms with Crippen molar-refractivity contribution in [3.05, 3.63) is 0 Å². The number of ether oxygens (including phenoxy) is 1. The van der Waals surface area contributed by atoms with Gasteiger partial charge in [-0.1, -0.05) is 0 Å². The number of carbonyl (C=O) groups is 1. The van der Waals surface area contributed by atoms with E-state index in [1.807, 2.05) is 6.92 Å². The Morgan fingerprint density at radius 2 is 2.00 bits per heavy atom. The van der Waals surface area contributed by atoms with Gasteiger partial charge in [0.25, 0.3) is 0 Å². The van der Waals surface area contributed by atoms with Gasteiger partial charge in [0.2, 0.25) is 5.91 Å². The van der Waals surface area contributed by atoms with Crippen LogP contribution in [0.25, 0.3) is 0 Å². The quantitative estimate of drug-likeness (QED) is 0.701. The summed E-state index contributed by atoms with van der Waals surface area (Å²) in [6, 6.07) is 0.432. The summed E-state index contributed by atoms with van der Waals surface area (Å²) >= 11 is 0. The van der Waals surface area contributed by atoms with E-state index in [1.54, 1.807) is 0 Å². The van der Waals surface area contributed by atoms with Crippen LogP contribution >= 0.6 is 0 Å². The number of nitrogens with zero attached hydrogens (tertiary/aromatic N) is 1. The maximum absolute atomic E-state index is 11.7. The van der Waals surface area contributed by atoms with E-state index in [4.69, 9.17) is 10.5 Å². The maximum Gasteiger partial charge on any atom is 0.220 e. The van der Waals surface area contributed by atoms with Crippen molar-refractivity contribution in [2.45, 2.75) is 64.6 Å². The van der Waals surface area contributed by atoms with Gasteiger partial charge in [-0.3, -0.25) is 4.79 Å². The van der Waals surface area contributed by atoms with Crippen molar-refractivity contribution in [2.75, 3.05) is 26.2 Å². The van der Waals surface area contributed by atoms with Crippen molar-refractivity contribution in [3.8, 4) is 0 Å². The van der Waals surface area contributed by atoms with Crippen LogP contribution in [0.5, 0.6) is 0 Å². The highest BCUT2D eigenvalue weighted by Gasteiger charge is 2.20. The Kier molecular flexibility index (Phi) is 8.11. The van der Waals surface area contributed by atoms with E-state index in [9.17, 15) is 4.79 Å². The predicted octanol–water partition coefficient (Wildman–Crippen LogP) is 1.12. The van der Waals surface area contributed by atoms with Crippen molar-refractivity contribution < 1.29 is 9.53 Å². The Morgan fingerprint density at radius 3 is 2.55 bits per heavy atom. The number of hydrogen-bond acceptors (Lipinski definition) is 4. The smallest absolute Gasteiger partial charge is 0.220 e. The lowest BCUT2D eigenvalue weighted by Crippen LogP contribution is -2.45. The summed E-state index contributed by atoms with van der Waals surface area (Å²) in [5.41, 5.74) is 5.66. The molecule has 5 nitrogen and oxygen atoms in total. The zero-order valence-electron chi connectivity index (χ0n) is 13.2. The summed E-state index contributed by atoms with van der Waals surface area (Å²) in [4.78, 5) is 14.2. The van der Waals surface area contributed by atoms with Gasteiger partial charge in [0.15, 0.2) is 0 Å². The lowest BCUT2D eigenvalue weighted by atomic mass is 10.0. The summed E-state index contributed by atoms with van der Waals surface area (Å²) in [6.07, 6.45) is 3.67. The van der Waals surface area contributed by atoms with Crippen molar-refractivity contribution >= 4 is 5.91 Å². The first kappa shape index (κ1) is 17.4. The zero-order chi connectivity index (χ0) is 15.0. The molecule has 1 unspecified atom stereocenters. The molecular formula is C15H31N3O2. The lowest BCUT2D eigenvalue weighted by Gasteiger charge is -2.32. The Bertz CT molecular complexity index is 274. The van der Waals surface area contributed by atoms with Gasteiger partial charge in [-0.05, 0) is 40.0 Å². The second-order valence-electron chi connectivity index (χ2n) is 6.12. The average Bonchev–Trinajstić information content (AvgIpc) is 2.38. The van der Waals surface area contributed by atoms with E-state index < -0.39 is 0 Å². The number of piperidine rings is 1. The molecule has 0 radical (unpaired) electrons. The first-order chi connectivity index (χ1) is 9.47. The standard InChI is InChI=1S/C15H31N3O2/c1-12(2)20-11-10-18-8-6-14(7-9-18)17-15(19)5-4-13(3)16/h12-14H,4-11,16H2,1-3H3,(H,17,19). The normalized spacial score (nSPS) is 19.2. The monoisotopic (exact) mass is 285 g/mol. The number of likely N-dealkylation sites (tertiary alicyclic amines) is 1. The van der Waals surface area contributed by atoms with Gasteiger partial charge >= 0.3 is 0 Å². The second kappa shape index (κ2) is 9.32. The van der Waals surface area contributed by atoms with Crippen LogP contribution in [0.3, 0.4) is 0 Å². The Hall–Kier alpha value is -0.650. The van der Waals surface area contributed by atoms with E-state index in [1.165, 1.54) is 0 Å². The van der Waals surface area contributed by atoms with Crippen molar-refractivity contribution in [1.82, 2.24) is 10.2 Å². The van der Waals surface area contributed by atoms with Crippen LogP contribution in [-0.2, 0) is 9.53 Å². The minimum Gasteiger partial charge on any atom is -0.377 e. The van der Waals surface area contributed by atoms with Crippen molar-refractivity contribution in [2.24, 2.45) is 5.73 Å². The minimum atomic E-state index is 0.101. The molecule has 1 amide bonds. The molecule has 1 saturated heterocycles. The molecule has 0 spiro atoms. The van der Waals surface area contributed by atoms with Gasteiger partial charge in [0, 0.05) is 38.1 Å². The third kappa shape index (κ3) is 7.82. The van der Waals surface area contributed by atoms with E-state index in [0.29, 0.717) is 18.6 Å². The predicted molar refractivity (Wildman–Crippen MR) is 81.6 cm³/mol. The van der Waals surface area contributed by atoms with Gasteiger partial charge < -0.3 is 20.7 Å². The first-order valence-corrected chi connectivity index (χ1v) is 7.86. The molecule has 0 bridgehead atoms. The first-order valence-electron chi connectivity index (χ1n) is 7.86. The van der Waals surface area contributed by atoms with Crippen LogP contribution in [-0.4, -0.2) is 55.2 Å². The molecule has 0 aromatic rings. The third-order valence-corrected chi connectivity index (χ3v) is 3.64. The molecule has 118 valence electrons. The maximum atomic E-state index is 11.7. The molecule has 1 atom stereocenters. The molecule has 1 aliphatic heterocycles. The fraction of sp³-hybridized carbons (Fsp3) is 0.933. The van der Waals surface area contributed by atoms with Gasteiger partial charge in [-0.25, -0.2) is 0 Å². The molecule has 3 N–H and O–H groups in total. The van der Waals surface area contributed by atoms with Crippen LogP contribution in [0, 0.1) is 0 Å². The number of hydrogen-bond donors (Lipinski definition) is 2. The van der Waals surface area contributed by atoms with Crippen LogP contribution in [0.2, 0.25) is 0 Å². The van der Waals surface area contributed by atoms with Gasteiger partial charge in [0.05, 0.1) is 12.7 Å². The zero-order valence-corrected chi connectivity index (χ0v) is 13.2. The third-order valence-electron chi connectivity index (χ3n) is 3.64. The van der Waals surface area contributed by atoms with Crippen molar-refractivity contribution in [3.63, 3.8) is 0 Å². The molecule has 1 rings (SSSR count). The minimum absolute atomic E-state index is 0.101. The fourth-order valence-electron chi connectivity index (χ4n) is 2.38. The summed E-state index contributed by atoms with van der Waals surface area (Å²) in [5, 5.41) is 3.12. The van der Waals surface area contributed by atoms with E-state index in [2.05, 4.69) is 24.1 Å². The van der Waals surface area contributed by atoms with Gasteiger partial charge in [-0.2, -0.15) is 0 Å². The Morgan fingerprint density at radius 1 is 1.35 bits per heavy atom. The highest BCUT2D eigenvalue weighted by atomic mass is 16.5. The topological polar surface area (TPSA) is 67.6 Å². The van der Waals surface area contributed by atoms with Crippen LogP contribution in [0.4, 0.5) is 0 Å². The number of carbonyl (C=O) groups excluding carboxylic acids is 1. The lowest BCUT2D eigenvalue weighted by molar-refractivity contribution is -0.122. The number of rotatable bonds is 8. The molecular weight excluding hydrogens is 254 g/mol. The highest BCUT2D eigenvalue weighted by Crippen LogP contribution is 2.10. The number of nitrogens with two attached hydrogens (primary N) is 1. The molecule has 0 aromatic heterocycles. The van der Waals surface area contributed by atoms with E-state index in [-0.39, 0.29) is 11.9 Å². The van der Waals surface area contributed by atoms with Crippen LogP contribution in [0.15, 0.2) is 0 Å². The van der Waals surface area contributed by atoms with E-state index in [0.717, 1.165) is 45.5 Å². The highest BCUT2D eigenvalue weighted by molar-refractivity contribution is 5.76. The van der Waals surface area contributed by atoms with Gasteiger partial charge in [0.1, 0.15) is 0 Å². The largest absolute Gasteiger partial charge is 0.377 e. The average molecular weight is 285 g/mol. The number of amides is 1. The molecule has 5 heteroatoms. The molecule has 1 heterocycles. The fourth-order valence-corrected chi connectivity index (χ4v) is 2.38. The van der Waals surface area contributed by atoms with Crippen LogP contribution < -0.4 is 11.1 Å². The molecule has 0 saturated carbocycles. The summed E-state index contributed by atoms with van der Waals surface area (Å²) in [7, 11) is 0.